The molecule has 0 saturated heterocycles. The smallest absolute Gasteiger partial charge is 0.325 e. The average Bonchev–Trinajstić information content (AvgIpc) is 3.11. The highest BCUT2D eigenvalue weighted by Crippen LogP contribution is 2.03. The number of aliphatic carboxylic acids is 1. The van der Waals surface area contributed by atoms with Crippen LogP contribution in [0.15, 0.2) is 12.5 Å². The fourth-order valence-electron chi connectivity index (χ4n) is 2.04. The number of imidazole rings is 1. The number of amides is 3. The van der Waals surface area contributed by atoms with Gasteiger partial charge in [-0.3, -0.25) is 19.2 Å². The van der Waals surface area contributed by atoms with Crippen molar-refractivity contribution in [2.75, 3.05) is 6.54 Å². The van der Waals surface area contributed by atoms with Gasteiger partial charge in [0.2, 0.25) is 17.7 Å². The Morgan fingerprint density at radius 1 is 1.19 bits per heavy atom. The van der Waals surface area contributed by atoms with Crippen LogP contribution in [-0.4, -0.2) is 63.4 Å². The molecule has 1 heterocycles. The minimum Gasteiger partial charge on any atom is -0.480 e. The standard InChI is InChI=1S/C16H26N6O5/c1-8(2)13(17)15(25)22-11(4-10-5-18-7-20-10)14(24)19-6-12(23)21-9(3)16(26)27/h5,7-9,11,13H,4,6,17H2,1-3H3,(H,18,20)(H,19,24)(H,21,23)(H,22,25)(H,26,27). The van der Waals surface area contributed by atoms with Crippen LogP contribution in [-0.2, 0) is 25.6 Å². The zero-order chi connectivity index (χ0) is 20.6. The third-order valence-electron chi connectivity index (χ3n) is 3.80. The summed E-state index contributed by atoms with van der Waals surface area (Å²) in [5.74, 6) is -3.07. The van der Waals surface area contributed by atoms with Crippen LogP contribution in [0.1, 0.15) is 26.5 Å². The van der Waals surface area contributed by atoms with Crippen LogP contribution in [0.2, 0.25) is 0 Å². The largest absolute Gasteiger partial charge is 0.480 e. The van der Waals surface area contributed by atoms with Gasteiger partial charge in [-0.1, -0.05) is 13.8 Å². The van der Waals surface area contributed by atoms with E-state index in [4.69, 9.17) is 10.8 Å². The maximum atomic E-state index is 12.4. The third kappa shape index (κ3) is 7.44. The Hall–Kier alpha value is -2.95. The minimum absolute atomic E-state index is 0.121. The molecular formula is C16H26N6O5. The fraction of sp³-hybridized carbons (Fsp3) is 0.562. The van der Waals surface area contributed by atoms with Crippen LogP contribution in [0.4, 0.5) is 0 Å². The molecule has 0 aliphatic rings. The summed E-state index contributed by atoms with van der Waals surface area (Å²) in [6, 6.07) is -2.85. The number of aromatic nitrogens is 2. The van der Waals surface area contributed by atoms with Crippen molar-refractivity contribution in [1.29, 1.82) is 0 Å². The van der Waals surface area contributed by atoms with Gasteiger partial charge in [-0.15, -0.1) is 0 Å². The van der Waals surface area contributed by atoms with Crippen LogP contribution in [0.25, 0.3) is 0 Å². The Morgan fingerprint density at radius 2 is 1.85 bits per heavy atom. The maximum Gasteiger partial charge on any atom is 0.325 e. The van der Waals surface area contributed by atoms with Crippen LogP contribution < -0.4 is 21.7 Å². The Bertz CT molecular complexity index is 660. The summed E-state index contributed by atoms with van der Waals surface area (Å²) in [6.45, 7) is 4.43. The highest BCUT2D eigenvalue weighted by atomic mass is 16.4. The van der Waals surface area contributed by atoms with Crippen LogP contribution in [0, 0.1) is 5.92 Å². The number of carbonyl (C=O) groups excluding carboxylic acids is 3. The normalized spacial score (nSPS) is 14.1. The summed E-state index contributed by atoms with van der Waals surface area (Å²) in [5, 5.41) is 15.9. The molecule has 3 amide bonds. The summed E-state index contributed by atoms with van der Waals surface area (Å²) in [7, 11) is 0. The van der Waals surface area contributed by atoms with E-state index in [1.165, 1.54) is 19.4 Å². The molecule has 0 radical (unpaired) electrons. The second kappa shape index (κ2) is 10.3. The molecule has 0 fully saturated rings. The first kappa shape index (κ1) is 22.1. The molecule has 0 aliphatic heterocycles. The number of H-pyrrole nitrogens is 1. The van der Waals surface area contributed by atoms with Gasteiger partial charge in [-0.05, 0) is 12.8 Å². The molecule has 0 spiro atoms. The molecule has 11 heteroatoms. The lowest BCUT2D eigenvalue weighted by Crippen LogP contribution is -2.55. The predicted octanol–water partition coefficient (Wildman–Crippen LogP) is -1.87. The number of carboxylic acids is 1. The van der Waals surface area contributed by atoms with Gasteiger partial charge in [0, 0.05) is 18.3 Å². The number of nitrogens with one attached hydrogen (secondary N) is 4. The van der Waals surface area contributed by atoms with E-state index in [0.717, 1.165) is 0 Å². The lowest BCUT2D eigenvalue weighted by atomic mass is 10.0. The molecule has 7 N–H and O–H groups in total. The lowest BCUT2D eigenvalue weighted by molar-refractivity contribution is -0.141. The molecule has 3 atom stereocenters. The topological polar surface area (TPSA) is 179 Å². The average molecular weight is 382 g/mol. The van der Waals surface area contributed by atoms with Crippen molar-refractivity contribution in [3.8, 4) is 0 Å². The number of nitrogens with zero attached hydrogens (tertiary/aromatic N) is 1. The Balaban J connectivity index is 2.70. The molecular weight excluding hydrogens is 356 g/mol. The summed E-state index contributed by atoms with van der Waals surface area (Å²) < 4.78 is 0. The molecule has 1 aromatic rings. The van der Waals surface area contributed by atoms with Gasteiger partial charge < -0.3 is 31.8 Å². The Kier molecular flexibility index (Phi) is 8.39. The fourth-order valence-corrected chi connectivity index (χ4v) is 2.04. The van der Waals surface area contributed by atoms with E-state index in [1.807, 2.05) is 0 Å². The van der Waals surface area contributed by atoms with Crippen molar-refractivity contribution in [2.45, 2.75) is 45.3 Å². The van der Waals surface area contributed by atoms with Gasteiger partial charge in [0.25, 0.3) is 0 Å². The summed E-state index contributed by atoms with van der Waals surface area (Å²) in [6.07, 6.45) is 3.07. The van der Waals surface area contributed by atoms with E-state index in [9.17, 15) is 19.2 Å². The number of rotatable bonds is 10. The number of hydrogen-bond donors (Lipinski definition) is 6. The number of aromatic amines is 1. The number of carbonyl (C=O) groups is 4. The van der Waals surface area contributed by atoms with Gasteiger partial charge >= 0.3 is 5.97 Å². The van der Waals surface area contributed by atoms with Gasteiger partial charge in [0.05, 0.1) is 18.9 Å². The number of carboxylic acid groups (broad SMARTS) is 1. The van der Waals surface area contributed by atoms with Crippen molar-refractivity contribution >= 4 is 23.7 Å². The molecule has 150 valence electrons. The van der Waals surface area contributed by atoms with Crippen molar-refractivity contribution in [1.82, 2.24) is 25.9 Å². The van der Waals surface area contributed by atoms with Crippen molar-refractivity contribution < 1.29 is 24.3 Å². The highest BCUT2D eigenvalue weighted by Gasteiger charge is 2.26. The molecule has 0 saturated carbocycles. The maximum absolute atomic E-state index is 12.4. The summed E-state index contributed by atoms with van der Waals surface area (Å²) in [5.41, 5.74) is 6.41. The highest BCUT2D eigenvalue weighted by molar-refractivity contribution is 5.92. The van der Waals surface area contributed by atoms with E-state index >= 15 is 0 Å². The van der Waals surface area contributed by atoms with E-state index in [2.05, 4.69) is 25.9 Å². The van der Waals surface area contributed by atoms with E-state index < -0.39 is 48.4 Å². The first-order valence-corrected chi connectivity index (χ1v) is 8.44. The summed E-state index contributed by atoms with van der Waals surface area (Å²) >= 11 is 0. The Labute approximate surface area is 156 Å². The molecule has 0 aliphatic carbocycles. The summed E-state index contributed by atoms with van der Waals surface area (Å²) in [4.78, 5) is 53.8. The van der Waals surface area contributed by atoms with Gasteiger partial charge in [-0.25, -0.2) is 4.98 Å². The molecule has 0 aromatic carbocycles. The third-order valence-corrected chi connectivity index (χ3v) is 3.80. The van der Waals surface area contributed by atoms with Crippen LogP contribution in [0.5, 0.6) is 0 Å². The minimum atomic E-state index is -1.19. The second-order valence-electron chi connectivity index (χ2n) is 6.46. The SMILES string of the molecule is CC(NC(=O)CNC(=O)C(Cc1cnc[nH]1)NC(=O)C(N)C(C)C)C(=O)O. The van der Waals surface area contributed by atoms with Crippen molar-refractivity contribution in [3.05, 3.63) is 18.2 Å². The van der Waals surface area contributed by atoms with E-state index in [1.54, 1.807) is 13.8 Å². The van der Waals surface area contributed by atoms with Crippen molar-refractivity contribution in [2.24, 2.45) is 11.7 Å². The second-order valence-corrected chi connectivity index (χ2v) is 6.46. The first-order chi connectivity index (χ1) is 12.6. The van der Waals surface area contributed by atoms with E-state index in [0.29, 0.717) is 5.69 Å². The predicted molar refractivity (Wildman–Crippen MR) is 95.3 cm³/mol. The van der Waals surface area contributed by atoms with Crippen molar-refractivity contribution in [3.63, 3.8) is 0 Å². The molecule has 3 unspecified atom stereocenters. The number of nitrogens with two attached hydrogens (primary N) is 1. The van der Waals surface area contributed by atoms with Gasteiger partial charge in [0.1, 0.15) is 12.1 Å². The molecule has 0 bridgehead atoms. The first-order valence-electron chi connectivity index (χ1n) is 8.44. The van der Waals surface area contributed by atoms with Crippen LogP contribution in [0.3, 0.4) is 0 Å². The molecule has 1 rings (SSSR count). The molecule has 27 heavy (non-hydrogen) atoms. The quantitative estimate of drug-likeness (QED) is 0.274. The molecule has 11 nitrogen and oxygen atoms in total. The number of hydrogen-bond acceptors (Lipinski definition) is 6. The monoisotopic (exact) mass is 382 g/mol. The molecule has 1 aromatic heterocycles. The van der Waals surface area contributed by atoms with Gasteiger partial charge in [0.15, 0.2) is 0 Å². The Morgan fingerprint density at radius 3 is 2.37 bits per heavy atom. The lowest BCUT2D eigenvalue weighted by Gasteiger charge is -2.22. The van der Waals surface area contributed by atoms with Gasteiger partial charge in [-0.2, -0.15) is 0 Å². The zero-order valence-electron chi connectivity index (χ0n) is 15.5. The van der Waals surface area contributed by atoms with Crippen LogP contribution >= 0.6 is 0 Å². The zero-order valence-corrected chi connectivity index (χ0v) is 15.5. The van der Waals surface area contributed by atoms with E-state index in [-0.39, 0.29) is 12.3 Å².